The Labute approximate surface area is 78.4 Å². The van der Waals surface area contributed by atoms with Crippen LogP contribution in [0.3, 0.4) is 0 Å². The van der Waals surface area contributed by atoms with Crippen molar-refractivity contribution in [3.8, 4) is 0 Å². The number of aromatic nitrogens is 1. The van der Waals surface area contributed by atoms with Gasteiger partial charge in [0, 0.05) is 11.7 Å². The molecule has 2 rings (SSSR count). The summed E-state index contributed by atoms with van der Waals surface area (Å²) in [6.07, 6.45) is 3.45. The summed E-state index contributed by atoms with van der Waals surface area (Å²) in [7, 11) is 0. The summed E-state index contributed by atoms with van der Waals surface area (Å²) in [5.41, 5.74) is 7.64. The third-order valence-electron chi connectivity index (χ3n) is 2.26. The summed E-state index contributed by atoms with van der Waals surface area (Å²) in [5, 5.41) is 3.32. The normalized spacial score (nSPS) is 15.8. The van der Waals surface area contributed by atoms with Gasteiger partial charge in [-0.05, 0) is 31.4 Å². The fourth-order valence-electron chi connectivity index (χ4n) is 1.24. The Morgan fingerprint density at radius 1 is 1.54 bits per heavy atom. The van der Waals surface area contributed by atoms with Crippen LogP contribution in [0.4, 0.5) is 11.5 Å². The Bertz CT molecular complexity index is 305. The maximum absolute atomic E-state index is 5.80. The highest BCUT2D eigenvalue weighted by molar-refractivity contribution is 5.62. The number of nitrogens with zero attached hydrogens (tertiary/aromatic N) is 1. The summed E-state index contributed by atoms with van der Waals surface area (Å²) in [6.45, 7) is 2.10. The third-order valence-corrected chi connectivity index (χ3v) is 2.26. The van der Waals surface area contributed by atoms with Crippen LogP contribution < -0.4 is 11.1 Å². The molecule has 0 atom stereocenters. The quantitative estimate of drug-likeness (QED) is 0.740. The molecule has 1 fully saturated rings. The van der Waals surface area contributed by atoms with Crippen molar-refractivity contribution in [3.63, 3.8) is 0 Å². The number of nitrogens with one attached hydrogen (secondary N) is 1. The number of pyridine rings is 1. The molecule has 1 aliphatic rings. The van der Waals surface area contributed by atoms with Gasteiger partial charge in [0.1, 0.15) is 5.82 Å². The summed E-state index contributed by atoms with van der Waals surface area (Å²) >= 11 is 0. The van der Waals surface area contributed by atoms with Gasteiger partial charge in [-0.15, -0.1) is 0 Å². The molecule has 0 aliphatic heterocycles. The van der Waals surface area contributed by atoms with Crippen LogP contribution in [0, 0.1) is 0 Å². The van der Waals surface area contributed by atoms with Crippen molar-refractivity contribution < 1.29 is 0 Å². The summed E-state index contributed by atoms with van der Waals surface area (Å²) in [6, 6.07) is 4.52. The minimum absolute atomic E-state index is 0.613. The highest BCUT2D eigenvalue weighted by Gasteiger charge is 2.22. The number of hydrogen-bond donors (Lipinski definition) is 2. The van der Waals surface area contributed by atoms with Crippen LogP contribution in [-0.4, -0.2) is 11.0 Å². The highest BCUT2D eigenvalue weighted by atomic mass is 15.1. The molecule has 1 heterocycles. The lowest BCUT2D eigenvalue weighted by Gasteiger charge is -2.08. The van der Waals surface area contributed by atoms with Crippen molar-refractivity contribution in [2.24, 2.45) is 0 Å². The van der Waals surface area contributed by atoms with Gasteiger partial charge in [0.25, 0.3) is 0 Å². The van der Waals surface area contributed by atoms with Crippen molar-refractivity contribution >= 4 is 11.5 Å². The van der Waals surface area contributed by atoms with Gasteiger partial charge in [-0.2, -0.15) is 0 Å². The van der Waals surface area contributed by atoms with Gasteiger partial charge < -0.3 is 11.1 Å². The molecule has 0 spiro atoms. The second-order valence-electron chi connectivity index (χ2n) is 3.51. The van der Waals surface area contributed by atoms with Gasteiger partial charge in [0.05, 0.1) is 5.69 Å². The molecule has 1 saturated carbocycles. The lowest BCUT2D eigenvalue weighted by Crippen LogP contribution is -2.07. The first-order valence-corrected chi connectivity index (χ1v) is 4.81. The van der Waals surface area contributed by atoms with E-state index in [2.05, 4.69) is 17.2 Å². The van der Waals surface area contributed by atoms with E-state index in [-0.39, 0.29) is 0 Å². The van der Waals surface area contributed by atoms with Gasteiger partial charge >= 0.3 is 0 Å². The monoisotopic (exact) mass is 177 g/mol. The van der Waals surface area contributed by atoms with Crippen LogP contribution in [0.25, 0.3) is 0 Å². The Balaban J connectivity index is 2.19. The summed E-state index contributed by atoms with van der Waals surface area (Å²) in [4.78, 5) is 4.43. The zero-order valence-electron chi connectivity index (χ0n) is 7.88. The van der Waals surface area contributed by atoms with Crippen molar-refractivity contribution in [2.45, 2.75) is 32.2 Å². The predicted octanol–water partition coefficient (Wildman–Crippen LogP) is 1.80. The molecule has 0 bridgehead atoms. The van der Waals surface area contributed by atoms with E-state index >= 15 is 0 Å². The van der Waals surface area contributed by atoms with E-state index in [0.717, 1.165) is 23.6 Å². The lowest BCUT2D eigenvalue weighted by atomic mass is 10.2. The molecule has 13 heavy (non-hydrogen) atoms. The lowest BCUT2D eigenvalue weighted by molar-refractivity contribution is 1.02. The molecule has 0 aromatic carbocycles. The van der Waals surface area contributed by atoms with E-state index in [1.165, 1.54) is 12.8 Å². The zero-order valence-corrected chi connectivity index (χ0v) is 7.88. The Morgan fingerprint density at radius 3 is 2.92 bits per heavy atom. The molecule has 0 radical (unpaired) electrons. The third kappa shape index (κ3) is 1.91. The predicted molar refractivity (Wildman–Crippen MR) is 54.7 cm³/mol. The molecule has 0 saturated heterocycles. The molecular weight excluding hydrogens is 162 g/mol. The van der Waals surface area contributed by atoms with Crippen LogP contribution in [0.1, 0.15) is 25.5 Å². The van der Waals surface area contributed by atoms with Gasteiger partial charge in [0.15, 0.2) is 0 Å². The van der Waals surface area contributed by atoms with Crippen LogP contribution in [0.15, 0.2) is 12.1 Å². The topological polar surface area (TPSA) is 50.9 Å². The van der Waals surface area contributed by atoms with Crippen LogP contribution in [0.5, 0.6) is 0 Å². The second-order valence-corrected chi connectivity index (χ2v) is 3.51. The fourth-order valence-corrected chi connectivity index (χ4v) is 1.24. The zero-order chi connectivity index (χ0) is 9.26. The molecule has 1 aliphatic carbocycles. The first-order valence-electron chi connectivity index (χ1n) is 4.81. The van der Waals surface area contributed by atoms with E-state index in [1.54, 1.807) is 0 Å². The molecule has 1 aromatic heterocycles. The molecule has 0 amide bonds. The van der Waals surface area contributed by atoms with Gasteiger partial charge in [-0.25, -0.2) is 4.98 Å². The Morgan fingerprint density at radius 2 is 2.31 bits per heavy atom. The molecule has 3 nitrogen and oxygen atoms in total. The maximum Gasteiger partial charge on any atom is 0.149 e. The number of nitrogen functional groups attached to an aromatic ring is 1. The Hall–Kier alpha value is -1.25. The highest BCUT2D eigenvalue weighted by Crippen LogP contribution is 2.26. The average Bonchev–Trinajstić information content (AvgIpc) is 2.93. The van der Waals surface area contributed by atoms with Crippen LogP contribution >= 0.6 is 0 Å². The number of nitrogens with two attached hydrogens (primary N) is 1. The molecule has 70 valence electrons. The maximum atomic E-state index is 5.80. The van der Waals surface area contributed by atoms with Crippen molar-refractivity contribution in [3.05, 3.63) is 17.8 Å². The molecule has 1 aromatic rings. The van der Waals surface area contributed by atoms with E-state index in [4.69, 9.17) is 5.73 Å². The smallest absolute Gasteiger partial charge is 0.149 e. The van der Waals surface area contributed by atoms with Gasteiger partial charge in [-0.1, -0.05) is 6.92 Å². The average molecular weight is 177 g/mol. The van der Waals surface area contributed by atoms with E-state index < -0.39 is 0 Å². The van der Waals surface area contributed by atoms with Crippen molar-refractivity contribution in [1.82, 2.24) is 4.98 Å². The first kappa shape index (κ1) is 8.35. The number of rotatable bonds is 3. The van der Waals surface area contributed by atoms with E-state index in [0.29, 0.717) is 6.04 Å². The van der Waals surface area contributed by atoms with Crippen LogP contribution in [0.2, 0.25) is 0 Å². The summed E-state index contributed by atoms with van der Waals surface area (Å²) < 4.78 is 0. The number of hydrogen-bond acceptors (Lipinski definition) is 3. The van der Waals surface area contributed by atoms with Gasteiger partial charge in [-0.3, -0.25) is 0 Å². The van der Waals surface area contributed by atoms with Crippen molar-refractivity contribution in [2.75, 3.05) is 11.1 Å². The SMILES string of the molecule is CCc1ccc(N)c(NC2CC2)n1. The molecule has 3 N–H and O–H groups in total. The van der Waals surface area contributed by atoms with Gasteiger partial charge in [0.2, 0.25) is 0 Å². The number of aryl methyl sites for hydroxylation is 1. The van der Waals surface area contributed by atoms with Crippen molar-refractivity contribution in [1.29, 1.82) is 0 Å². The fraction of sp³-hybridized carbons (Fsp3) is 0.500. The van der Waals surface area contributed by atoms with E-state index in [1.807, 2.05) is 12.1 Å². The molecular formula is C10H15N3. The molecule has 0 unspecified atom stereocenters. The largest absolute Gasteiger partial charge is 0.396 e. The minimum Gasteiger partial charge on any atom is -0.396 e. The van der Waals surface area contributed by atoms with Crippen LogP contribution in [-0.2, 0) is 6.42 Å². The number of anilines is 2. The standard InChI is InChI=1S/C10H15N3/c1-2-7-5-6-9(11)10(12-7)13-8-3-4-8/h5-6,8H,2-4,11H2,1H3,(H,12,13). The molecule has 3 heteroatoms. The summed E-state index contributed by atoms with van der Waals surface area (Å²) in [5.74, 6) is 0.863. The Kier molecular flexibility index (Phi) is 2.08. The van der Waals surface area contributed by atoms with E-state index in [9.17, 15) is 0 Å². The second kappa shape index (κ2) is 3.24. The minimum atomic E-state index is 0.613. The first-order chi connectivity index (χ1) is 6.29.